The molecule has 1 aliphatic heterocycles. The number of benzene rings is 2. The Morgan fingerprint density at radius 3 is 2.53 bits per heavy atom. The summed E-state index contributed by atoms with van der Waals surface area (Å²) >= 11 is 1.74. The van der Waals surface area contributed by atoms with Crippen molar-refractivity contribution in [2.24, 2.45) is 0 Å². The van der Waals surface area contributed by atoms with Gasteiger partial charge in [0, 0.05) is 56.0 Å². The summed E-state index contributed by atoms with van der Waals surface area (Å²) in [5.41, 5.74) is 3.44. The molecule has 0 amide bonds. The normalized spacial score (nSPS) is 15.1. The molecule has 0 bridgehead atoms. The Bertz CT molecular complexity index is 955. The average molecular weight is 423 g/mol. The highest BCUT2D eigenvalue weighted by molar-refractivity contribution is 7.97. The van der Waals surface area contributed by atoms with E-state index < -0.39 is 0 Å². The van der Waals surface area contributed by atoms with Crippen LogP contribution in [0.2, 0.25) is 0 Å². The first-order valence-corrected chi connectivity index (χ1v) is 11.7. The van der Waals surface area contributed by atoms with Crippen LogP contribution in [0, 0.1) is 0 Å². The number of nitrogens with zero attached hydrogens (tertiary/aromatic N) is 3. The molecule has 0 saturated carbocycles. The van der Waals surface area contributed by atoms with Crippen LogP contribution in [-0.4, -0.2) is 60.1 Å². The molecule has 0 spiro atoms. The summed E-state index contributed by atoms with van der Waals surface area (Å²) in [5, 5.41) is 11.6. The van der Waals surface area contributed by atoms with E-state index in [-0.39, 0.29) is 6.61 Å². The van der Waals surface area contributed by atoms with Crippen LogP contribution in [-0.2, 0) is 6.54 Å². The van der Waals surface area contributed by atoms with Crippen molar-refractivity contribution in [2.75, 3.05) is 50.0 Å². The van der Waals surface area contributed by atoms with E-state index in [1.807, 2.05) is 0 Å². The lowest BCUT2D eigenvalue weighted by Gasteiger charge is -2.35. The number of aliphatic hydroxyl groups excluding tert-OH is 1. The molecule has 6 heteroatoms. The molecule has 2 heterocycles. The Morgan fingerprint density at radius 1 is 1.03 bits per heavy atom. The Balaban J connectivity index is 1.60. The number of aromatic nitrogens is 1. The van der Waals surface area contributed by atoms with Gasteiger partial charge in [0.05, 0.1) is 12.3 Å². The third-order valence-electron chi connectivity index (χ3n) is 5.58. The van der Waals surface area contributed by atoms with Gasteiger partial charge < -0.3 is 10.0 Å². The van der Waals surface area contributed by atoms with Crippen LogP contribution in [0.3, 0.4) is 0 Å². The molecule has 1 fully saturated rings. The van der Waals surface area contributed by atoms with E-state index in [1.165, 1.54) is 16.3 Å². The summed E-state index contributed by atoms with van der Waals surface area (Å²) in [6.45, 7) is 7.76. The number of rotatable bonds is 8. The van der Waals surface area contributed by atoms with Gasteiger partial charge in [-0.3, -0.25) is 9.62 Å². The summed E-state index contributed by atoms with van der Waals surface area (Å²) in [6, 6.07) is 19.4. The quantitative estimate of drug-likeness (QED) is 0.426. The summed E-state index contributed by atoms with van der Waals surface area (Å²) in [7, 11) is 0. The Labute approximate surface area is 183 Å². The van der Waals surface area contributed by atoms with E-state index >= 15 is 0 Å². The minimum absolute atomic E-state index is 0.222. The lowest BCUT2D eigenvalue weighted by molar-refractivity contribution is 0.188. The standard InChI is InChI=1S/C24H30N4OS/c1-2-30-25-18-19-7-9-20(10-8-19)23-17-21-5-3-4-6-22(21)24(26-23)28-13-11-27(12-14-28)15-16-29/h3-10,17,25,29H,2,11-16,18H2,1H3. The minimum atomic E-state index is 0.222. The van der Waals surface area contributed by atoms with Gasteiger partial charge in [0.25, 0.3) is 0 Å². The van der Waals surface area contributed by atoms with E-state index in [1.54, 1.807) is 11.9 Å². The minimum Gasteiger partial charge on any atom is -0.395 e. The fraction of sp³-hybridized carbons (Fsp3) is 0.375. The Morgan fingerprint density at radius 2 is 1.80 bits per heavy atom. The van der Waals surface area contributed by atoms with Gasteiger partial charge >= 0.3 is 0 Å². The van der Waals surface area contributed by atoms with Crippen molar-refractivity contribution in [3.63, 3.8) is 0 Å². The maximum atomic E-state index is 9.21. The van der Waals surface area contributed by atoms with Gasteiger partial charge in [0.15, 0.2) is 0 Å². The van der Waals surface area contributed by atoms with Crippen LogP contribution in [0.15, 0.2) is 54.6 Å². The number of hydrogen-bond donors (Lipinski definition) is 2. The Kier molecular flexibility index (Phi) is 7.23. The molecular formula is C24H30N4OS. The van der Waals surface area contributed by atoms with Gasteiger partial charge in [-0.25, -0.2) is 4.98 Å². The zero-order chi connectivity index (χ0) is 20.8. The average Bonchev–Trinajstić information content (AvgIpc) is 2.80. The molecule has 1 saturated heterocycles. The highest BCUT2D eigenvalue weighted by Crippen LogP contribution is 2.30. The smallest absolute Gasteiger partial charge is 0.137 e. The van der Waals surface area contributed by atoms with Crippen molar-refractivity contribution in [1.29, 1.82) is 0 Å². The third kappa shape index (κ3) is 4.95. The number of β-amino-alcohol motifs (C(OH)–C–C–N with tert-alkyl or cyclic N) is 1. The van der Waals surface area contributed by atoms with Crippen molar-refractivity contribution in [3.8, 4) is 11.3 Å². The molecule has 1 aromatic heterocycles. The van der Waals surface area contributed by atoms with Gasteiger partial charge in [-0.15, -0.1) is 0 Å². The molecule has 2 N–H and O–H groups in total. The number of fused-ring (bicyclic) bond motifs is 1. The van der Waals surface area contributed by atoms with Gasteiger partial charge in [-0.2, -0.15) is 0 Å². The van der Waals surface area contributed by atoms with E-state index in [0.29, 0.717) is 0 Å². The second-order valence-corrected chi connectivity index (χ2v) is 8.71. The zero-order valence-corrected chi connectivity index (χ0v) is 18.4. The highest BCUT2D eigenvalue weighted by Gasteiger charge is 2.20. The topological polar surface area (TPSA) is 51.6 Å². The molecule has 3 aromatic rings. The number of anilines is 1. The van der Waals surface area contributed by atoms with Gasteiger partial charge in [0.1, 0.15) is 5.82 Å². The van der Waals surface area contributed by atoms with Gasteiger partial charge in [0.2, 0.25) is 0 Å². The van der Waals surface area contributed by atoms with Crippen molar-refractivity contribution in [2.45, 2.75) is 13.5 Å². The van der Waals surface area contributed by atoms with E-state index in [0.717, 1.165) is 62.1 Å². The summed E-state index contributed by atoms with van der Waals surface area (Å²) < 4.78 is 3.37. The SMILES string of the molecule is CCSNCc1ccc(-c2cc3ccccc3c(N3CCN(CCO)CC3)n2)cc1. The van der Waals surface area contributed by atoms with Gasteiger partial charge in [-0.05, 0) is 17.0 Å². The lowest BCUT2D eigenvalue weighted by Crippen LogP contribution is -2.47. The van der Waals surface area contributed by atoms with Gasteiger partial charge in [-0.1, -0.05) is 67.4 Å². The third-order valence-corrected chi connectivity index (χ3v) is 6.22. The molecule has 0 radical (unpaired) electrons. The molecule has 0 unspecified atom stereocenters. The Hall–Kier alpha value is -2.12. The lowest BCUT2D eigenvalue weighted by atomic mass is 10.0. The van der Waals surface area contributed by atoms with E-state index in [2.05, 4.69) is 76.0 Å². The molecule has 158 valence electrons. The first-order valence-electron chi connectivity index (χ1n) is 10.7. The maximum absolute atomic E-state index is 9.21. The summed E-state index contributed by atoms with van der Waals surface area (Å²) in [4.78, 5) is 9.81. The molecule has 5 nitrogen and oxygen atoms in total. The first kappa shape index (κ1) is 21.1. The molecule has 30 heavy (non-hydrogen) atoms. The fourth-order valence-corrected chi connectivity index (χ4v) is 4.40. The number of aliphatic hydroxyl groups is 1. The van der Waals surface area contributed by atoms with Crippen molar-refractivity contribution < 1.29 is 5.11 Å². The van der Waals surface area contributed by atoms with Crippen molar-refractivity contribution >= 4 is 28.5 Å². The van der Waals surface area contributed by atoms with E-state index in [9.17, 15) is 5.11 Å². The zero-order valence-electron chi connectivity index (χ0n) is 17.6. The predicted octanol–water partition coefficient (Wildman–Crippen LogP) is 3.77. The summed E-state index contributed by atoms with van der Waals surface area (Å²) in [5.74, 6) is 2.13. The number of pyridine rings is 1. The largest absolute Gasteiger partial charge is 0.395 e. The van der Waals surface area contributed by atoms with Crippen molar-refractivity contribution in [3.05, 3.63) is 60.2 Å². The van der Waals surface area contributed by atoms with Crippen LogP contribution < -0.4 is 9.62 Å². The second kappa shape index (κ2) is 10.3. The summed E-state index contributed by atoms with van der Waals surface area (Å²) in [6.07, 6.45) is 0. The van der Waals surface area contributed by atoms with Crippen LogP contribution >= 0.6 is 11.9 Å². The highest BCUT2D eigenvalue weighted by atomic mass is 32.2. The van der Waals surface area contributed by atoms with E-state index in [4.69, 9.17) is 4.98 Å². The molecule has 4 rings (SSSR count). The maximum Gasteiger partial charge on any atom is 0.137 e. The van der Waals surface area contributed by atoms with Crippen LogP contribution in [0.5, 0.6) is 0 Å². The van der Waals surface area contributed by atoms with Crippen LogP contribution in [0.25, 0.3) is 22.0 Å². The van der Waals surface area contributed by atoms with Crippen LogP contribution in [0.1, 0.15) is 12.5 Å². The first-order chi connectivity index (χ1) is 14.8. The molecule has 0 atom stereocenters. The molecular weight excluding hydrogens is 392 g/mol. The predicted molar refractivity (Wildman–Crippen MR) is 128 cm³/mol. The number of piperazine rings is 1. The molecule has 0 aliphatic carbocycles. The number of nitrogens with one attached hydrogen (secondary N) is 1. The second-order valence-electron chi connectivity index (χ2n) is 7.56. The molecule has 2 aromatic carbocycles. The van der Waals surface area contributed by atoms with Crippen molar-refractivity contribution in [1.82, 2.24) is 14.6 Å². The van der Waals surface area contributed by atoms with Crippen LogP contribution in [0.4, 0.5) is 5.82 Å². The molecule has 1 aliphatic rings. The monoisotopic (exact) mass is 422 g/mol. The number of hydrogen-bond acceptors (Lipinski definition) is 6. The fourth-order valence-electron chi connectivity index (χ4n) is 3.92.